The third-order valence-corrected chi connectivity index (χ3v) is 4.95. The Morgan fingerprint density at radius 1 is 1.19 bits per heavy atom. The summed E-state index contributed by atoms with van der Waals surface area (Å²) >= 11 is 0. The number of ether oxygens (including phenoxy) is 1. The zero-order valence-electron chi connectivity index (χ0n) is 12.9. The highest BCUT2D eigenvalue weighted by Gasteiger charge is 2.35. The Hall–Kier alpha value is -1.35. The number of likely N-dealkylation sites (tertiary alicyclic amines) is 1. The zero-order chi connectivity index (χ0) is 14.7. The van der Waals surface area contributed by atoms with Crippen molar-refractivity contribution in [3.63, 3.8) is 0 Å². The fraction of sp³-hybridized carbons (Fsp3) is 0.611. The van der Waals surface area contributed by atoms with E-state index in [2.05, 4.69) is 4.90 Å². The first kappa shape index (κ1) is 14.6. The van der Waals surface area contributed by atoms with Crippen molar-refractivity contribution in [3.05, 3.63) is 29.8 Å². The van der Waals surface area contributed by atoms with Gasteiger partial charge in [-0.05, 0) is 62.3 Å². The summed E-state index contributed by atoms with van der Waals surface area (Å²) in [6, 6.07) is 7.44. The summed E-state index contributed by atoms with van der Waals surface area (Å²) in [7, 11) is 0. The van der Waals surface area contributed by atoms with Gasteiger partial charge in [-0.1, -0.05) is 6.42 Å². The maximum absolute atomic E-state index is 11.2. The second-order valence-electron chi connectivity index (χ2n) is 6.49. The average molecular weight is 287 g/mol. The summed E-state index contributed by atoms with van der Waals surface area (Å²) in [6.07, 6.45) is 5.41. The molecule has 3 nitrogen and oxygen atoms in total. The van der Waals surface area contributed by atoms with Crippen LogP contribution in [0.3, 0.4) is 0 Å². The Labute approximate surface area is 127 Å². The predicted octanol–water partition coefficient (Wildman–Crippen LogP) is 3.39. The van der Waals surface area contributed by atoms with Crippen LogP contribution in [0.1, 0.15) is 43.0 Å². The van der Waals surface area contributed by atoms with Gasteiger partial charge in [-0.3, -0.25) is 4.79 Å². The molecule has 114 valence electrons. The normalized spacial score (nSPS) is 25.0. The molecule has 0 amide bonds. The molecular formula is C18H25NO2. The minimum Gasteiger partial charge on any atom is -0.494 e. The van der Waals surface area contributed by atoms with Crippen LogP contribution in [0.15, 0.2) is 24.3 Å². The Morgan fingerprint density at radius 2 is 1.86 bits per heavy atom. The molecule has 1 aliphatic heterocycles. The van der Waals surface area contributed by atoms with Crippen LogP contribution in [-0.4, -0.2) is 36.9 Å². The minimum atomic E-state index is 0.0983. The van der Waals surface area contributed by atoms with Crippen LogP contribution in [0.5, 0.6) is 5.75 Å². The lowest BCUT2D eigenvalue weighted by Crippen LogP contribution is -2.24. The fourth-order valence-electron chi connectivity index (χ4n) is 3.78. The molecule has 3 heteroatoms. The van der Waals surface area contributed by atoms with Crippen LogP contribution in [0, 0.1) is 11.8 Å². The molecule has 1 heterocycles. The highest BCUT2D eigenvalue weighted by Crippen LogP contribution is 2.37. The molecule has 21 heavy (non-hydrogen) atoms. The molecule has 2 aliphatic rings. The summed E-state index contributed by atoms with van der Waals surface area (Å²) in [4.78, 5) is 13.8. The van der Waals surface area contributed by atoms with Crippen molar-refractivity contribution in [2.45, 2.75) is 32.6 Å². The number of fused-ring (bicyclic) bond motifs is 1. The lowest BCUT2D eigenvalue weighted by molar-refractivity contribution is 0.101. The van der Waals surface area contributed by atoms with E-state index in [1.54, 1.807) is 6.92 Å². The van der Waals surface area contributed by atoms with Crippen molar-refractivity contribution in [1.29, 1.82) is 0 Å². The Morgan fingerprint density at radius 3 is 2.48 bits per heavy atom. The summed E-state index contributed by atoms with van der Waals surface area (Å²) in [5.41, 5.74) is 0.742. The van der Waals surface area contributed by atoms with Crippen molar-refractivity contribution in [1.82, 2.24) is 4.90 Å². The van der Waals surface area contributed by atoms with Gasteiger partial charge < -0.3 is 9.64 Å². The highest BCUT2D eigenvalue weighted by molar-refractivity contribution is 5.94. The third kappa shape index (κ3) is 3.65. The number of carbonyl (C=O) groups excluding carboxylic acids is 1. The van der Waals surface area contributed by atoms with Gasteiger partial charge in [0.15, 0.2) is 5.78 Å². The molecular weight excluding hydrogens is 262 g/mol. The number of hydrogen-bond donors (Lipinski definition) is 0. The average Bonchev–Trinajstić information content (AvgIpc) is 3.05. The van der Waals surface area contributed by atoms with Crippen molar-refractivity contribution in [3.8, 4) is 5.75 Å². The molecule has 0 unspecified atom stereocenters. The van der Waals surface area contributed by atoms with E-state index in [4.69, 9.17) is 4.74 Å². The van der Waals surface area contributed by atoms with Gasteiger partial charge in [0.2, 0.25) is 0 Å². The van der Waals surface area contributed by atoms with Gasteiger partial charge in [-0.15, -0.1) is 0 Å². The number of hydrogen-bond acceptors (Lipinski definition) is 3. The lowest BCUT2D eigenvalue weighted by Gasteiger charge is -2.16. The van der Waals surface area contributed by atoms with E-state index in [0.29, 0.717) is 0 Å². The van der Waals surface area contributed by atoms with E-state index in [1.165, 1.54) is 32.4 Å². The van der Waals surface area contributed by atoms with E-state index in [-0.39, 0.29) is 5.78 Å². The van der Waals surface area contributed by atoms with Gasteiger partial charge in [0.25, 0.3) is 0 Å². The van der Waals surface area contributed by atoms with Gasteiger partial charge in [-0.2, -0.15) is 0 Å². The Balaban J connectivity index is 1.36. The zero-order valence-corrected chi connectivity index (χ0v) is 12.9. The summed E-state index contributed by atoms with van der Waals surface area (Å²) in [5, 5.41) is 0. The maximum Gasteiger partial charge on any atom is 0.159 e. The van der Waals surface area contributed by atoms with Gasteiger partial charge in [0.1, 0.15) is 5.75 Å². The van der Waals surface area contributed by atoms with Crippen LogP contribution in [-0.2, 0) is 0 Å². The molecule has 2 fully saturated rings. The van der Waals surface area contributed by atoms with E-state index >= 15 is 0 Å². The molecule has 0 spiro atoms. The SMILES string of the molecule is CC(=O)c1ccc(OCCCN2C[C@H]3CCC[C@H]3C2)cc1. The molecule has 0 N–H and O–H groups in total. The van der Waals surface area contributed by atoms with Crippen molar-refractivity contribution in [2.24, 2.45) is 11.8 Å². The van der Waals surface area contributed by atoms with E-state index in [1.807, 2.05) is 24.3 Å². The minimum absolute atomic E-state index is 0.0983. The van der Waals surface area contributed by atoms with E-state index in [9.17, 15) is 4.79 Å². The lowest BCUT2D eigenvalue weighted by atomic mass is 10.0. The van der Waals surface area contributed by atoms with Gasteiger partial charge >= 0.3 is 0 Å². The molecule has 1 aliphatic carbocycles. The van der Waals surface area contributed by atoms with Gasteiger partial charge in [0, 0.05) is 25.2 Å². The van der Waals surface area contributed by atoms with Crippen molar-refractivity contribution < 1.29 is 9.53 Å². The largest absolute Gasteiger partial charge is 0.494 e. The van der Waals surface area contributed by atoms with Crippen LogP contribution < -0.4 is 4.74 Å². The van der Waals surface area contributed by atoms with Crippen LogP contribution >= 0.6 is 0 Å². The first-order valence-electron chi connectivity index (χ1n) is 8.18. The van der Waals surface area contributed by atoms with E-state index < -0.39 is 0 Å². The molecule has 1 aromatic carbocycles. The second kappa shape index (κ2) is 6.61. The molecule has 2 atom stereocenters. The monoisotopic (exact) mass is 287 g/mol. The number of nitrogens with zero attached hydrogens (tertiary/aromatic N) is 1. The van der Waals surface area contributed by atoms with E-state index in [0.717, 1.165) is 42.7 Å². The third-order valence-electron chi connectivity index (χ3n) is 4.95. The quantitative estimate of drug-likeness (QED) is 0.593. The fourth-order valence-corrected chi connectivity index (χ4v) is 3.78. The van der Waals surface area contributed by atoms with Crippen LogP contribution in [0.25, 0.3) is 0 Å². The second-order valence-corrected chi connectivity index (χ2v) is 6.49. The molecule has 1 saturated carbocycles. The van der Waals surface area contributed by atoms with Gasteiger partial charge in [-0.25, -0.2) is 0 Å². The van der Waals surface area contributed by atoms with Crippen LogP contribution in [0.4, 0.5) is 0 Å². The maximum atomic E-state index is 11.2. The molecule has 0 bridgehead atoms. The molecule has 1 aromatic rings. The van der Waals surface area contributed by atoms with Crippen LogP contribution in [0.2, 0.25) is 0 Å². The predicted molar refractivity (Wildman–Crippen MR) is 83.8 cm³/mol. The number of benzene rings is 1. The van der Waals surface area contributed by atoms with Crippen molar-refractivity contribution >= 4 is 5.78 Å². The first-order chi connectivity index (χ1) is 10.2. The molecule has 0 radical (unpaired) electrons. The Kier molecular flexibility index (Phi) is 4.59. The summed E-state index contributed by atoms with van der Waals surface area (Å²) < 4.78 is 5.76. The number of ketones is 1. The standard InChI is InChI=1S/C18H25NO2/c1-14(20)15-6-8-18(9-7-15)21-11-3-10-19-12-16-4-2-5-17(16)13-19/h6-9,16-17H,2-5,10-13H2,1H3/t16-,17+. The highest BCUT2D eigenvalue weighted by atomic mass is 16.5. The number of Topliss-reactive ketones (excluding diaryl/α,β-unsaturated/α-hetero) is 1. The smallest absolute Gasteiger partial charge is 0.159 e. The molecule has 3 rings (SSSR count). The molecule has 0 aromatic heterocycles. The first-order valence-corrected chi connectivity index (χ1v) is 8.18. The number of carbonyl (C=O) groups is 1. The van der Waals surface area contributed by atoms with Crippen molar-refractivity contribution in [2.75, 3.05) is 26.2 Å². The Bertz CT molecular complexity index is 470. The number of rotatable bonds is 6. The molecule has 1 saturated heterocycles. The summed E-state index contributed by atoms with van der Waals surface area (Å²) in [5.74, 6) is 2.91. The van der Waals surface area contributed by atoms with Gasteiger partial charge in [0.05, 0.1) is 6.61 Å². The summed E-state index contributed by atoms with van der Waals surface area (Å²) in [6.45, 7) is 6.10. The topological polar surface area (TPSA) is 29.5 Å².